The fraction of sp³-hybridized carbons (Fsp3) is 0.105. The maximum absolute atomic E-state index is 13.2. The molecule has 0 fully saturated rings. The van der Waals surface area contributed by atoms with Crippen LogP contribution in [0, 0.1) is 18.2 Å². The predicted octanol–water partition coefficient (Wildman–Crippen LogP) is 3.54. The van der Waals surface area contributed by atoms with Crippen molar-refractivity contribution < 1.29 is 9.13 Å². The van der Waals surface area contributed by atoms with Crippen LogP contribution in [0.4, 0.5) is 10.3 Å². The smallest absolute Gasteiger partial charge is 0.220 e. The molecule has 1 aliphatic carbocycles. The van der Waals surface area contributed by atoms with Gasteiger partial charge in [-0.3, -0.25) is 0 Å². The Hall–Kier alpha value is -3.28. The number of hydrogen-bond acceptors (Lipinski definition) is 5. The Morgan fingerprint density at radius 2 is 1.88 bits per heavy atom. The lowest BCUT2D eigenvalue weighted by atomic mass is 9.95. The molecule has 126 valence electrons. The van der Waals surface area contributed by atoms with Crippen LogP contribution in [0.3, 0.4) is 0 Å². The summed E-state index contributed by atoms with van der Waals surface area (Å²) in [6.45, 7) is 1.84. The van der Waals surface area contributed by atoms with Crippen LogP contribution >= 0.6 is 0 Å². The van der Waals surface area contributed by atoms with Crippen molar-refractivity contribution in [2.45, 2.75) is 6.92 Å². The third kappa shape index (κ3) is 3.47. The number of aryl methyl sites for hydroxylation is 1. The number of nitrogens with one attached hydrogen (secondary N) is 1. The summed E-state index contributed by atoms with van der Waals surface area (Å²) in [7, 11) is 1.53. The predicted molar refractivity (Wildman–Crippen MR) is 96.4 cm³/mol. The molecule has 1 aromatic heterocycles. The van der Waals surface area contributed by atoms with Gasteiger partial charge >= 0.3 is 0 Å². The lowest BCUT2D eigenvalue weighted by molar-refractivity contribution is 0.369. The van der Waals surface area contributed by atoms with Crippen molar-refractivity contribution in [1.82, 2.24) is 9.97 Å². The number of rotatable bonds is 3. The van der Waals surface area contributed by atoms with Crippen LogP contribution in [0.5, 0.6) is 0 Å². The molecule has 0 radical (unpaired) electrons. The molecule has 6 heteroatoms. The van der Waals surface area contributed by atoms with Gasteiger partial charge in [-0.15, -0.1) is 0 Å². The van der Waals surface area contributed by atoms with E-state index in [0.29, 0.717) is 28.3 Å². The summed E-state index contributed by atoms with van der Waals surface area (Å²) in [5, 5.41) is 8.21. The summed E-state index contributed by atoms with van der Waals surface area (Å²) >= 11 is 0. The fourth-order valence-corrected chi connectivity index (χ4v) is 2.62. The molecule has 0 amide bonds. The van der Waals surface area contributed by atoms with Crippen LogP contribution < -0.4 is 5.73 Å². The van der Waals surface area contributed by atoms with Crippen LogP contribution in [0.2, 0.25) is 0 Å². The van der Waals surface area contributed by atoms with E-state index in [1.165, 1.54) is 19.2 Å². The molecule has 0 aliphatic heterocycles. The Bertz CT molecular complexity index is 907. The summed E-state index contributed by atoms with van der Waals surface area (Å²) in [5.41, 5.74) is 9.52. The third-order valence-electron chi connectivity index (χ3n) is 3.74. The SMILES string of the molecule is CO/C(=C1/C=C(c2cc(C)nc(N)n2)C=CC1=N)c1ccc(F)cc1. The highest BCUT2D eigenvalue weighted by molar-refractivity contribution is 6.16. The van der Waals surface area contributed by atoms with Gasteiger partial charge in [0.1, 0.15) is 11.6 Å². The van der Waals surface area contributed by atoms with E-state index in [1.54, 1.807) is 24.3 Å². The van der Waals surface area contributed by atoms with Crippen LogP contribution in [0.1, 0.15) is 17.0 Å². The molecule has 1 heterocycles. The molecular formula is C19H17FN4O. The van der Waals surface area contributed by atoms with Crippen molar-refractivity contribution in [1.29, 1.82) is 5.41 Å². The van der Waals surface area contributed by atoms with E-state index in [-0.39, 0.29) is 11.8 Å². The Balaban J connectivity index is 2.13. The molecule has 5 nitrogen and oxygen atoms in total. The quantitative estimate of drug-likeness (QED) is 0.840. The lowest BCUT2D eigenvalue weighted by Crippen LogP contribution is -2.07. The van der Waals surface area contributed by atoms with Crippen LogP contribution in [-0.4, -0.2) is 22.8 Å². The number of nitrogen functional groups attached to an aromatic ring is 1. The number of aromatic nitrogens is 2. The van der Waals surface area contributed by atoms with Gasteiger partial charge in [0.25, 0.3) is 0 Å². The molecular weight excluding hydrogens is 319 g/mol. The number of anilines is 1. The average molecular weight is 336 g/mol. The zero-order chi connectivity index (χ0) is 18.0. The normalized spacial score (nSPS) is 15.8. The van der Waals surface area contributed by atoms with Crippen molar-refractivity contribution in [3.8, 4) is 0 Å². The van der Waals surface area contributed by atoms with Crippen molar-refractivity contribution in [3.63, 3.8) is 0 Å². The van der Waals surface area contributed by atoms with Crippen LogP contribution in [-0.2, 0) is 4.74 Å². The van der Waals surface area contributed by atoms with E-state index in [2.05, 4.69) is 9.97 Å². The number of ether oxygens (including phenoxy) is 1. The van der Waals surface area contributed by atoms with Gasteiger partial charge in [0.05, 0.1) is 18.5 Å². The highest BCUT2D eigenvalue weighted by atomic mass is 19.1. The minimum Gasteiger partial charge on any atom is -0.495 e. The first-order chi connectivity index (χ1) is 12.0. The second kappa shape index (κ2) is 6.68. The molecule has 3 rings (SSSR count). The van der Waals surface area contributed by atoms with Crippen molar-refractivity contribution in [3.05, 3.63) is 76.9 Å². The van der Waals surface area contributed by atoms with Gasteiger partial charge in [0.2, 0.25) is 5.95 Å². The molecule has 0 saturated carbocycles. The highest BCUT2D eigenvalue weighted by Crippen LogP contribution is 2.28. The van der Waals surface area contributed by atoms with Gasteiger partial charge < -0.3 is 15.9 Å². The third-order valence-corrected chi connectivity index (χ3v) is 3.74. The monoisotopic (exact) mass is 336 g/mol. The maximum Gasteiger partial charge on any atom is 0.220 e. The number of nitrogens with two attached hydrogens (primary N) is 1. The van der Waals surface area contributed by atoms with Crippen molar-refractivity contribution >= 4 is 23.0 Å². The molecule has 0 atom stereocenters. The maximum atomic E-state index is 13.2. The summed E-state index contributed by atoms with van der Waals surface area (Å²) in [4.78, 5) is 8.32. The minimum atomic E-state index is -0.328. The second-order valence-corrected chi connectivity index (χ2v) is 5.55. The zero-order valence-electron chi connectivity index (χ0n) is 13.9. The van der Waals surface area contributed by atoms with Gasteiger partial charge in [-0.25, -0.2) is 14.4 Å². The van der Waals surface area contributed by atoms with Crippen LogP contribution in [0.25, 0.3) is 11.3 Å². The standard InChI is InChI=1S/C19H17FN4O/c1-11-9-17(24-19(22)23-11)13-5-8-16(21)15(10-13)18(25-2)12-3-6-14(20)7-4-12/h3-10,21H,1-2H3,(H2,22,23,24)/b18-15-,21-16?. The Morgan fingerprint density at radius 1 is 1.16 bits per heavy atom. The molecule has 0 unspecified atom stereocenters. The van der Waals surface area contributed by atoms with Gasteiger partial charge in [-0.2, -0.15) is 0 Å². The topological polar surface area (TPSA) is 84.9 Å². The van der Waals surface area contributed by atoms with Gasteiger partial charge in [-0.05, 0) is 49.4 Å². The van der Waals surface area contributed by atoms with Gasteiger partial charge in [-0.1, -0.05) is 6.08 Å². The summed E-state index contributed by atoms with van der Waals surface area (Å²) < 4.78 is 18.7. The summed E-state index contributed by atoms with van der Waals surface area (Å²) in [5.74, 6) is 0.359. The molecule has 1 aromatic carbocycles. The van der Waals surface area contributed by atoms with E-state index in [0.717, 1.165) is 11.3 Å². The second-order valence-electron chi connectivity index (χ2n) is 5.55. The van der Waals surface area contributed by atoms with Gasteiger partial charge in [0.15, 0.2) is 0 Å². The van der Waals surface area contributed by atoms with Gasteiger partial charge in [0, 0.05) is 22.4 Å². The Labute approximate surface area is 144 Å². The highest BCUT2D eigenvalue weighted by Gasteiger charge is 2.17. The Morgan fingerprint density at radius 3 is 2.52 bits per heavy atom. The number of methoxy groups -OCH3 is 1. The van der Waals surface area contributed by atoms with E-state index in [4.69, 9.17) is 15.9 Å². The first kappa shape index (κ1) is 16.6. The van der Waals surface area contributed by atoms with Crippen molar-refractivity contribution in [2.24, 2.45) is 0 Å². The molecule has 3 N–H and O–H groups in total. The number of halogens is 1. The molecule has 0 spiro atoms. The fourth-order valence-electron chi connectivity index (χ4n) is 2.62. The number of nitrogens with zero attached hydrogens (tertiary/aromatic N) is 2. The summed E-state index contributed by atoms with van der Waals surface area (Å²) in [6, 6.07) is 7.77. The number of allylic oxidation sites excluding steroid dienone is 5. The van der Waals surface area contributed by atoms with E-state index < -0.39 is 0 Å². The average Bonchev–Trinajstić information content (AvgIpc) is 2.58. The number of hydrogen-bond donors (Lipinski definition) is 2. The van der Waals surface area contributed by atoms with Crippen LogP contribution in [0.15, 0.2) is 54.1 Å². The molecule has 1 aliphatic rings. The summed E-state index contributed by atoms with van der Waals surface area (Å²) in [6.07, 6.45) is 5.28. The first-order valence-corrected chi connectivity index (χ1v) is 7.62. The Kier molecular flexibility index (Phi) is 4.43. The molecule has 0 saturated heterocycles. The van der Waals surface area contributed by atoms with E-state index in [9.17, 15) is 4.39 Å². The van der Waals surface area contributed by atoms with E-state index in [1.807, 2.05) is 19.1 Å². The molecule has 0 bridgehead atoms. The minimum absolute atomic E-state index is 0.195. The molecule has 2 aromatic rings. The largest absolute Gasteiger partial charge is 0.495 e. The van der Waals surface area contributed by atoms with E-state index >= 15 is 0 Å². The number of benzene rings is 1. The zero-order valence-corrected chi connectivity index (χ0v) is 13.9. The lowest BCUT2D eigenvalue weighted by Gasteiger charge is -2.16. The first-order valence-electron chi connectivity index (χ1n) is 7.62. The molecule has 25 heavy (non-hydrogen) atoms. The van der Waals surface area contributed by atoms with Crippen molar-refractivity contribution in [2.75, 3.05) is 12.8 Å².